The molecule has 112 valence electrons. The summed E-state index contributed by atoms with van der Waals surface area (Å²) in [6.45, 7) is 10.2. The number of aryl methyl sites for hydroxylation is 2. The number of hydrogen-bond acceptors (Lipinski definition) is 3. The molecule has 0 aliphatic rings. The molecule has 0 aliphatic carbocycles. The van der Waals surface area contributed by atoms with Gasteiger partial charge in [-0.05, 0) is 56.5 Å². The second-order valence-electron chi connectivity index (χ2n) is 5.40. The van der Waals surface area contributed by atoms with Gasteiger partial charge in [0.25, 0.3) is 0 Å². The SMILES string of the molecule is CCCNCc1cccc(Oc2c(C)ccc(C)c2C)n1. The first-order chi connectivity index (χ1) is 10.1. The van der Waals surface area contributed by atoms with Crippen LogP contribution in [-0.2, 0) is 6.54 Å². The molecule has 0 spiro atoms. The molecule has 3 nitrogen and oxygen atoms in total. The Kier molecular flexibility index (Phi) is 5.34. The van der Waals surface area contributed by atoms with E-state index in [-0.39, 0.29) is 0 Å². The molecule has 0 saturated carbocycles. The fraction of sp³-hybridized carbons (Fsp3) is 0.389. The van der Waals surface area contributed by atoms with Gasteiger partial charge < -0.3 is 10.1 Å². The average Bonchev–Trinajstić information content (AvgIpc) is 2.48. The van der Waals surface area contributed by atoms with Crippen molar-refractivity contribution >= 4 is 0 Å². The summed E-state index contributed by atoms with van der Waals surface area (Å²) >= 11 is 0. The van der Waals surface area contributed by atoms with Gasteiger partial charge in [-0.15, -0.1) is 0 Å². The first-order valence-corrected chi connectivity index (χ1v) is 7.53. The Balaban J connectivity index is 2.17. The Hall–Kier alpha value is -1.87. The van der Waals surface area contributed by atoms with E-state index in [9.17, 15) is 0 Å². The van der Waals surface area contributed by atoms with Crippen LogP contribution in [0, 0.1) is 20.8 Å². The molecule has 21 heavy (non-hydrogen) atoms. The van der Waals surface area contributed by atoms with Gasteiger partial charge in [0.05, 0.1) is 5.69 Å². The van der Waals surface area contributed by atoms with Gasteiger partial charge in [0, 0.05) is 12.6 Å². The maximum atomic E-state index is 6.03. The quantitative estimate of drug-likeness (QED) is 0.803. The maximum absolute atomic E-state index is 6.03. The van der Waals surface area contributed by atoms with Gasteiger partial charge >= 0.3 is 0 Å². The number of hydrogen-bond donors (Lipinski definition) is 1. The van der Waals surface area contributed by atoms with E-state index >= 15 is 0 Å². The molecule has 0 amide bonds. The van der Waals surface area contributed by atoms with Crippen LogP contribution in [0.25, 0.3) is 0 Å². The van der Waals surface area contributed by atoms with Crippen LogP contribution in [0.15, 0.2) is 30.3 Å². The summed E-state index contributed by atoms with van der Waals surface area (Å²) in [5.41, 5.74) is 4.54. The first-order valence-electron chi connectivity index (χ1n) is 7.53. The lowest BCUT2D eigenvalue weighted by Gasteiger charge is -2.13. The number of pyridine rings is 1. The minimum Gasteiger partial charge on any atom is -0.438 e. The third-order valence-corrected chi connectivity index (χ3v) is 3.59. The standard InChI is InChI=1S/C18H24N2O/c1-5-11-19-12-16-7-6-8-17(20-16)21-18-14(3)10-9-13(2)15(18)4/h6-10,19H,5,11-12H2,1-4H3. The summed E-state index contributed by atoms with van der Waals surface area (Å²) in [4.78, 5) is 4.57. The van der Waals surface area contributed by atoms with Crippen molar-refractivity contribution in [2.45, 2.75) is 40.7 Å². The number of nitrogens with one attached hydrogen (secondary N) is 1. The molecular formula is C18H24N2O. The predicted octanol–water partition coefficient (Wildman–Crippen LogP) is 4.30. The molecular weight excluding hydrogens is 260 g/mol. The molecule has 1 aromatic heterocycles. The molecule has 1 N–H and O–H groups in total. The Morgan fingerprint density at radius 1 is 1.05 bits per heavy atom. The van der Waals surface area contributed by atoms with Crippen LogP contribution >= 0.6 is 0 Å². The van der Waals surface area contributed by atoms with E-state index in [4.69, 9.17) is 4.74 Å². The van der Waals surface area contributed by atoms with Gasteiger partial charge in [0.15, 0.2) is 0 Å². The van der Waals surface area contributed by atoms with E-state index in [1.165, 1.54) is 11.1 Å². The number of aromatic nitrogens is 1. The normalized spacial score (nSPS) is 10.7. The molecule has 0 aliphatic heterocycles. The molecule has 3 heteroatoms. The predicted molar refractivity (Wildman–Crippen MR) is 87.0 cm³/mol. The molecule has 0 atom stereocenters. The highest BCUT2D eigenvalue weighted by Crippen LogP contribution is 2.29. The zero-order valence-corrected chi connectivity index (χ0v) is 13.4. The largest absolute Gasteiger partial charge is 0.438 e. The van der Waals surface area contributed by atoms with Crippen LogP contribution in [0.3, 0.4) is 0 Å². The Labute approximate surface area is 127 Å². The number of rotatable bonds is 6. The van der Waals surface area contributed by atoms with Crippen LogP contribution in [-0.4, -0.2) is 11.5 Å². The summed E-state index contributed by atoms with van der Waals surface area (Å²) in [5, 5.41) is 3.36. The average molecular weight is 284 g/mol. The van der Waals surface area contributed by atoms with E-state index in [2.05, 4.69) is 50.1 Å². The van der Waals surface area contributed by atoms with Crippen LogP contribution < -0.4 is 10.1 Å². The zero-order valence-electron chi connectivity index (χ0n) is 13.4. The van der Waals surface area contributed by atoms with Gasteiger partial charge in [0.1, 0.15) is 5.75 Å². The molecule has 0 radical (unpaired) electrons. The summed E-state index contributed by atoms with van der Waals surface area (Å²) in [7, 11) is 0. The summed E-state index contributed by atoms with van der Waals surface area (Å²) in [6.07, 6.45) is 1.12. The smallest absolute Gasteiger partial charge is 0.219 e. The molecule has 2 rings (SSSR count). The third-order valence-electron chi connectivity index (χ3n) is 3.59. The van der Waals surface area contributed by atoms with Crippen molar-refractivity contribution in [3.8, 4) is 11.6 Å². The third kappa shape index (κ3) is 4.05. The lowest BCUT2D eigenvalue weighted by atomic mass is 10.1. The number of benzene rings is 1. The molecule has 2 aromatic rings. The number of nitrogens with zero attached hydrogens (tertiary/aromatic N) is 1. The minimum absolute atomic E-state index is 0.655. The zero-order chi connectivity index (χ0) is 15.2. The van der Waals surface area contributed by atoms with E-state index in [1.807, 2.05) is 18.2 Å². The fourth-order valence-corrected chi connectivity index (χ4v) is 2.19. The summed E-state index contributed by atoms with van der Waals surface area (Å²) < 4.78 is 6.03. The monoisotopic (exact) mass is 284 g/mol. The highest BCUT2D eigenvalue weighted by molar-refractivity contribution is 5.46. The Morgan fingerprint density at radius 2 is 1.81 bits per heavy atom. The maximum Gasteiger partial charge on any atom is 0.219 e. The van der Waals surface area contributed by atoms with Crippen LogP contribution in [0.4, 0.5) is 0 Å². The van der Waals surface area contributed by atoms with Gasteiger partial charge in [-0.25, -0.2) is 4.98 Å². The molecule has 0 unspecified atom stereocenters. The molecule has 1 heterocycles. The lowest BCUT2D eigenvalue weighted by molar-refractivity contribution is 0.452. The van der Waals surface area contributed by atoms with Gasteiger partial charge in [0.2, 0.25) is 5.88 Å². The highest BCUT2D eigenvalue weighted by Gasteiger charge is 2.08. The first kappa shape index (κ1) is 15.5. The van der Waals surface area contributed by atoms with E-state index < -0.39 is 0 Å². The second kappa shape index (κ2) is 7.23. The van der Waals surface area contributed by atoms with Crippen molar-refractivity contribution in [2.75, 3.05) is 6.54 Å². The van der Waals surface area contributed by atoms with Crippen molar-refractivity contribution in [2.24, 2.45) is 0 Å². The van der Waals surface area contributed by atoms with Gasteiger partial charge in [-0.3, -0.25) is 0 Å². The minimum atomic E-state index is 0.655. The van der Waals surface area contributed by atoms with E-state index in [0.29, 0.717) is 5.88 Å². The fourth-order valence-electron chi connectivity index (χ4n) is 2.19. The van der Waals surface area contributed by atoms with Crippen molar-refractivity contribution < 1.29 is 4.74 Å². The Morgan fingerprint density at radius 3 is 2.57 bits per heavy atom. The second-order valence-corrected chi connectivity index (χ2v) is 5.40. The van der Waals surface area contributed by atoms with Crippen molar-refractivity contribution in [3.05, 3.63) is 52.7 Å². The highest BCUT2D eigenvalue weighted by atomic mass is 16.5. The van der Waals surface area contributed by atoms with Gasteiger partial charge in [-0.2, -0.15) is 0 Å². The summed E-state index contributed by atoms with van der Waals surface area (Å²) in [6, 6.07) is 10.1. The molecule has 0 fully saturated rings. The summed E-state index contributed by atoms with van der Waals surface area (Å²) in [5.74, 6) is 1.57. The molecule has 0 bridgehead atoms. The van der Waals surface area contributed by atoms with Crippen LogP contribution in [0.5, 0.6) is 11.6 Å². The van der Waals surface area contributed by atoms with Gasteiger partial charge in [-0.1, -0.05) is 25.1 Å². The molecule has 1 aromatic carbocycles. The van der Waals surface area contributed by atoms with Crippen molar-refractivity contribution in [3.63, 3.8) is 0 Å². The van der Waals surface area contributed by atoms with Crippen LogP contribution in [0.1, 0.15) is 35.7 Å². The molecule has 0 saturated heterocycles. The van der Waals surface area contributed by atoms with Crippen LogP contribution in [0.2, 0.25) is 0 Å². The number of ether oxygens (including phenoxy) is 1. The Bertz CT molecular complexity index is 608. The van der Waals surface area contributed by atoms with E-state index in [1.54, 1.807) is 0 Å². The van der Waals surface area contributed by atoms with E-state index in [0.717, 1.165) is 36.5 Å². The van der Waals surface area contributed by atoms with Crippen molar-refractivity contribution in [1.29, 1.82) is 0 Å². The topological polar surface area (TPSA) is 34.1 Å². The lowest BCUT2D eigenvalue weighted by Crippen LogP contribution is -2.14. The van der Waals surface area contributed by atoms with Crippen molar-refractivity contribution in [1.82, 2.24) is 10.3 Å².